The Balaban J connectivity index is 2.24. The molecule has 0 aliphatic heterocycles. The van der Waals surface area contributed by atoms with E-state index in [0.717, 1.165) is 11.6 Å². The van der Waals surface area contributed by atoms with Gasteiger partial charge in [0.2, 0.25) is 0 Å². The second kappa shape index (κ2) is 6.26. The van der Waals surface area contributed by atoms with Gasteiger partial charge in [-0.05, 0) is 18.2 Å². The van der Waals surface area contributed by atoms with Crippen LogP contribution >= 0.6 is 0 Å². The Morgan fingerprint density at radius 2 is 1.95 bits per heavy atom. The molecule has 0 atom stereocenters. The van der Waals surface area contributed by atoms with Gasteiger partial charge in [0.05, 0.1) is 7.11 Å². The van der Waals surface area contributed by atoms with Crippen molar-refractivity contribution >= 4 is 5.91 Å². The van der Waals surface area contributed by atoms with Crippen LogP contribution in [-0.2, 0) is 6.54 Å². The summed E-state index contributed by atoms with van der Waals surface area (Å²) in [5.41, 5.74) is 0.474. The Hall–Kier alpha value is -2.56. The number of benzene rings is 2. The van der Waals surface area contributed by atoms with Crippen molar-refractivity contribution in [2.45, 2.75) is 6.54 Å². The second-order valence-corrected chi connectivity index (χ2v) is 4.61. The Labute approximate surface area is 122 Å². The van der Waals surface area contributed by atoms with Crippen LogP contribution in [0.4, 0.5) is 4.39 Å². The molecular formula is C16H16FNO3. The van der Waals surface area contributed by atoms with E-state index in [1.54, 1.807) is 20.2 Å². The number of methoxy groups -OCH3 is 1. The molecule has 21 heavy (non-hydrogen) atoms. The summed E-state index contributed by atoms with van der Waals surface area (Å²) in [7, 11) is 3.09. The van der Waals surface area contributed by atoms with Gasteiger partial charge in [-0.15, -0.1) is 0 Å². The monoisotopic (exact) mass is 289 g/mol. The summed E-state index contributed by atoms with van der Waals surface area (Å²) in [5, 5.41) is 9.67. The molecule has 0 aliphatic rings. The van der Waals surface area contributed by atoms with Gasteiger partial charge < -0.3 is 14.7 Å². The van der Waals surface area contributed by atoms with Gasteiger partial charge in [0.15, 0.2) is 0 Å². The van der Waals surface area contributed by atoms with E-state index < -0.39 is 11.7 Å². The number of aromatic hydroxyl groups is 1. The lowest BCUT2D eigenvalue weighted by atomic mass is 10.1. The molecule has 5 heteroatoms. The largest absolute Gasteiger partial charge is 0.507 e. The maximum Gasteiger partial charge on any atom is 0.260 e. The maximum atomic E-state index is 13.7. The molecule has 0 spiro atoms. The average molecular weight is 289 g/mol. The molecular weight excluding hydrogens is 273 g/mol. The minimum Gasteiger partial charge on any atom is -0.507 e. The van der Waals surface area contributed by atoms with Crippen molar-refractivity contribution in [1.82, 2.24) is 4.90 Å². The highest BCUT2D eigenvalue weighted by Crippen LogP contribution is 2.24. The summed E-state index contributed by atoms with van der Waals surface area (Å²) in [5.74, 6) is -1.05. The van der Waals surface area contributed by atoms with Crippen molar-refractivity contribution in [3.63, 3.8) is 0 Å². The summed E-state index contributed by atoms with van der Waals surface area (Å²) in [6, 6.07) is 11.0. The number of carbonyl (C=O) groups is 1. The average Bonchev–Trinajstić information content (AvgIpc) is 2.47. The molecule has 110 valence electrons. The molecule has 0 heterocycles. The summed E-state index contributed by atoms with van der Waals surface area (Å²) in [6.45, 7) is 0.247. The number of nitrogens with zero attached hydrogens (tertiary/aromatic N) is 1. The van der Waals surface area contributed by atoms with E-state index in [2.05, 4.69) is 0 Å². The minimum absolute atomic E-state index is 0.247. The highest BCUT2D eigenvalue weighted by Gasteiger charge is 2.21. The SMILES string of the molecule is COc1ccccc1CN(C)C(=O)c1c(O)cccc1F. The fourth-order valence-corrected chi connectivity index (χ4v) is 2.08. The Morgan fingerprint density at radius 3 is 2.62 bits per heavy atom. The number of hydrogen-bond donors (Lipinski definition) is 1. The zero-order chi connectivity index (χ0) is 15.4. The predicted molar refractivity (Wildman–Crippen MR) is 76.9 cm³/mol. The highest BCUT2D eigenvalue weighted by molar-refractivity contribution is 5.96. The molecule has 4 nitrogen and oxygen atoms in total. The van der Waals surface area contributed by atoms with Gasteiger partial charge in [0.25, 0.3) is 5.91 Å². The Kier molecular flexibility index (Phi) is 4.42. The number of carbonyl (C=O) groups excluding carboxylic acids is 1. The van der Waals surface area contributed by atoms with Crippen LogP contribution in [0.15, 0.2) is 42.5 Å². The molecule has 2 aromatic carbocycles. The third kappa shape index (κ3) is 3.13. The maximum absolute atomic E-state index is 13.7. The number of halogens is 1. The first kappa shape index (κ1) is 14.8. The number of amides is 1. The number of phenols is 1. The normalized spacial score (nSPS) is 10.2. The van der Waals surface area contributed by atoms with Gasteiger partial charge in [0.1, 0.15) is 22.9 Å². The van der Waals surface area contributed by atoms with Gasteiger partial charge in [-0.25, -0.2) is 4.39 Å². The summed E-state index contributed by atoms with van der Waals surface area (Å²) in [4.78, 5) is 13.6. The first-order valence-corrected chi connectivity index (χ1v) is 6.39. The first-order valence-electron chi connectivity index (χ1n) is 6.39. The molecule has 0 unspecified atom stereocenters. The molecule has 0 aromatic heterocycles. The molecule has 0 bridgehead atoms. The van der Waals surface area contributed by atoms with Crippen molar-refractivity contribution in [3.8, 4) is 11.5 Å². The predicted octanol–water partition coefficient (Wildman–Crippen LogP) is 2.81. The molecule has 0 saturated heterocycles. The lowest BCUT2D eigenvalue weighted by molar-refractivity contribution is 0.0776. The summed E-state index contributed by atoms with van der Waals surface area (Å²) in [6.07, 6.45) is 0. The molecule has 0 radical (unpaired) electrons. The van der Waals surface area contributed by atoms with Gasteiger partial charge >= 0.3 is 0 Å². The fourth-order valence-electron chi connectivity index (χ4n) is 2.08. The van der Waals surface area contributed by atoms with E-state index in [-0.39, 0.29) is 17.9 Å². The molecule has 0 saturated carbocycles. The van der Waals surface area contributed by atoms with E-state index in [9.17, 15) is 14.3 Å². The Morgan fingerprint density at radius 1 is 1.24 bits per heavy atom. The van der Waals surface area contributed by atoms with Crippen LogP contribution in [0, 0.1) is 5.82 Å². The summed E-state index contributed by atoms with van der Waals surface area (Å²) >= 11 is 0. The lowest BCUT2D eigenvalue weighted by Gasteiger charge is -2.19. The minimum atomic E-state index is -0.744. The van der Waals surface area contributed by atoms with Crippen LogP contribution in [0.1, 0.15) is 15.9 Å². The first-order chi connectivity index (χ1) is 10.0. The number of hydrogen-bond acceptors (Lipinski definition) is 3. The molecule has 0 aliphatic carbocycles. The van der Waals surface area contributed by atoms with Crippen LogP contribution in [0.25, 0.3) is 0 Å². The van der Waals surface area contributed by atoms with E-state index in [1.165, 1.54) is 17.0 Å². The zero-order valence-corrected chi connectivity index (χ0v) is 11.8. The topological polar surface area (TPSA) is 49.8 Å². The quantitative estimate of drug-likeness (QED) is 0.941. The van der Waals surface area contributed by atoms with Crippen molar-refractivity contribution in [2.24, 2.45) is 0 Å². The molecule has 2 rings (SSSR count). The van der Waals surface area contributed by atoms with Crippen molar-refractivity contribution < 1.29 is 19.0 Å². The van der Waals surface area contributed by atoms with Crippen LogP contribution in [0.5, 0.6) is 11.5 Å². The molecule has 1 amide bonds. The van der Waals surface area contributed by atoms with Crippen LogP contribution in [0.3, 0.4) is 0 Å². The molecule has 1 N–H and O–H groups in total. The van der Waals surface area contributed by atoms with Gasteiger partial charge in [0, 0.05) is 19.2 Å². The second-order valence-electron chi connectivity index (χ2n) is 4.61. The van der Waals surface area contributed by atoms with Crippen LogP contribution in [-0.4, -0.2) is 30.1 Å². The zero-order valence-electron chi connectivity index (χ0n) is 11.8. The van der Waals surface area contributed by atoms with Crippen molar-refractivity contribution in [2.75, 3.05) is 14.2 Å². The van der Waals surface area contributed by atoms with Gasteiger partial charge in [-0.3, -0.25) is 4.79 Å². The van der Waals surface area contributed by atoms with Crippen molar-refractivity contribution in [3.05, 3.63) is 59.4 Å². The van der Waals surface area contributed by atoms with Gasteiger partial charge in [-0.2, -0.15) is 0 Å². The number of rotatable bonds is 4. The van der Waals surface area contributed by atoms with Crippen LogP contribution < -0.4 is 4.74 Å². The van der Waals surface area contributed by atoms with Crippen molar-refractivity contribution in [1.29, 1.82) is 0 Å². The standard InChI is InChI=1S/C16H16FNO3/c1-18(10-11-6-3-4-9-14(11)21-2)16(20)15-12(17)7-5-8-13(15)19/h3-9,19H,10H2,1-2H3. The molecule has 0 fully saturated rings. The van der Waals surface area contributed by atoms with E-state index in [4.69, 9.17) is 4.74 Å². The fraction of sp³-hybridized carbons (Fsp3) is 0.188. The van der Waals surface area contributed by atoms with E-state index in [0.29, 0.717) is 5.75 Å². The van der Waals surface area contributed by atoms with Crippen LogP contribution in [0.2, 0.25) is 0 Å². The molecule has 2 aromatic rings. The third-order valence-corrected chi connectivity index (χ3v) is 3.15. The number of ether oxygens (including phenoxy) is 1. The Bertz CT molecular complexity index is 637. The highest BCUT2D eigenvalue weighted by atomic mass is 19.1. The van der Waals surface area contributed by atoms with Gasteiger partial charge in [-0.1, -0.05) is 24.3 Å². The smallest absolute Gasteiger partial charge is 0.260 e. The van der Waals surface area contributed by atoms with E-state index >= 15 is 0 Å². The summed E-state index contributed by atoms with van der Waals surface area (Å²) < 4.78 is 18.9. The number of phenolic OH excluding ortho intramolecular Hbond substituents is 1. The third-order valence-electron chi connectivity index (χ3n) is 3.15. The number of para-hydroxylation sites is 1. The van der Waals surface area contributed by atoms with E-state index in [1.807, 2.05) is 18.2 Å². The lowest BCUT2D eigenvalue weighted by Crippen LogP contribution is -2.27.